The maximum Gasteiger partial charge on any atom is 0.411 e. The zero-order chi connectivity index (χ0) is 12.7. The Hall–Kier alpha value is -0.790. The lowest BCUT2D eigenvalue weighted by molar-refractivity contribution is -0.175. The van der Waals surface area contributed by atoms with Crippen LogP contribution in [0.2, 0.25) is 0 Å². The number of rotatable bonds is 5. The predicted molar refractivity (Wildman–Crippen MR) is 62.7 cm³/mol. The minimum atomic E-state index is -4.39. The molecule has 1 amide bonds. The van der Waals surface area contributed by atoms with Gasteiger partial charge in [0.25, 0.3) is 0 Å². The van der Waals surface area contributed by atoms with E-state index >= 15 is 0 Å². The van der Waals surface area contributed by atoms with Crippen LogP contribution in [0, 0.1) is 0 Å². The monoisotopic (exact) mass is 288 g/mol. The van der Waals surface area contributed by atoms with Gasteiger partial charge in [-0.2, -0.15) is 13.2 Å². The largest absolute Gasteiger partial charge is 0.411 e. The van der Waals surface area contributed by atoms with Gasteiger partial charge in [0, 0.05) is 13.1 Å². The van der Waals surface area contributed by atoms with E-state index < -0.39 is 25.3 Å². The Balaban J connectivity index is 0.00000289. The van der Waals surface area contributed by atoms with E-state index in [1.165, 1.54) is 0 Å². The molecule has 4 nitrogen and oxygen atoms in total. The summed E-state index contributed by atoms with van der Waals surface area (Å²) in [4.78, 5) is 11.1. The fraction of sp³-hybridized carbons (Fsp3) is 0.700. The minimum Gasteiger partial charge on any atom is -0.362 e. The van der Waals surface area contributed by atoms with Gasteiger partial charge in [-0.05, 0) is 13.0 Å². The first kappa shape index (κ1) is 17.2. The van der Waals surface area contributed by atoms with Crippen LogP contribution < -0.4 is 10.6 Å². The molecule has 0 aromatic carbocycles. The van der Waals surface area contributed by atoms with Crippen LogP contribution in [0.5, 0.6) is 0 Å². The summed E-state index contributed by atoms with van der Waals surface area (Å²) >= 11 is 0. The summed E-state index contributed by atoms with van der Waals surface area (Å²) < 4.78 is 39.4. The zero-order valence-corrected chi connectivity index (χ0v) is 10.5. The lowest BCUT2D eigenvalue weighted by atomic mass is 10.1. The Bertz CT molecular complexity index is 295. The normalized spacial score (nSPS) is 15.6. The molecule has 0 fully saturated rings. The number of alkyl halides is 3. The molecule has 1 aliphatic heterocycles. The van der Waals surface area contributed by atoms with Crippen LogP contribution in [-0.4, -0.2) is 44.9 Å². The summed E-state index contributed by atoms with van der Waals surface area (Å²) in [6.07, 6.45) is -1.60. The first-order chi connectivity index (χ1) is 7.97. The SMILES string of the molecule is Cl.O=C(COCC(F)(F)F)NCC1=CCNCC1. The highest BCUT2D eigenvalue weighted by Gasteiger charge is 2.27. The highest BCUT2D eigenvalue weighted by Crippen LogP contribution is 2.14. The number of carbonyl (C=O) groups is 1. The van der Waals surface area contributed by atoms with Crippen molar-refractivity contribution in [3.63, 3.8) is 0 Å². The van der Waals surface area contributed by atoms with Gasteiger partial charge in [0.15, 0.2) is 0 Å². The zero-order valence-electron chi connectivity index (χ0n) is 9.68. The van der Waals surface area contributed by atoms with Crippen molar-refractivity contribution in [1.29, 1.82) is 0 Å². The first-order valence-corrected chi connectivity index (χ1v) is 5.27. The highest BCUT2D eigenvalue weighted by atomic mass is 35.5. The molecular weight excluding hydrogens is 273 g/mol. The molecule has 2 N–H and O–H groups in total. The average molecular weight is 289 g/mol. The molecule has 0 saturated carbocycles. The van der Waals surface area contributed by atoms with Crippen LogP contribution in [0.25, 0.3) is 0 Å². The molecule has 0 radical (unpaired) electrons. The maximum absolute atomic E-state index is 11.7. The fourth-order valence-corrected chi connectivity index (χ4v) is 1.35. The molecule has 0 atom stereocenters. The number of ether oxygens (including phenoxy) is 1. The molecule has 0 aromatic rings. The maximum atomic E-state index is 11.7. The smallest absolute Gasteiger partial charge is 0.362 e. The quantitative estimate of drug-likeness (QED) is 0.743. The van der Waals surface area contributed by atoms with Crippen LogP contribution in [0.1, 0.15) is 6.42 Å². The van der Waals surface area contributed by atoms with Crippen molar-refractivity contribution in [2.75, 3.05) is 32.8 Å². The molecule has 0 unspecified atom stereocenters. The topological polar surface area (TPSA) is 50.4 Å². The summed E-state index contributed by atoms with van der Waals surface area (Å²) in [5.41, 5.74) is 1.08. The minimum absolute atomic E-state index is 0. The average Bonchev–Trinajstić information content (AvgIpc) is 2.26. The number of carbonyl (C=O) groups excluding carboxylic acids is 1. The number of halogens is 4. The molecule has 0 aliphatic carbocycles. The molecular formula is C10H16ClF3N2O2. The third-order valence-corrected chi connectivity index (χ3v) is 2.17. The molecule has 106 valence electrons. The van der Waals surface area contributed by atoms with Gasteiger partial charge in [0.2, 0.25) is 5.91 Å². The summed E-state index contributed by atoms with van der Waals surface area (Å²) in [5.74, 6) is -0.534. The van der Waals surface area contributed by atoms with Crippen molar-refractivity contribution in [1.82, 2.24) is 10.6 Å². The van der Waals surface area contributed by atoms with E-state index in [1.807, 2.05) is 6.08 Å². The molecule has 1 aliphatic rings. The van der Waals surface area contributed by atoms with E-state index in [0.29, 0.717) is 6.54 Å². The first-order valence-electron chi connectivity index (χ1n) is 5.27. The summed E-state index contributed by atoms with van der Waals surface area (Å²) in [7, 11) is 0. The number of amides is 1. The Labute approximate surface area is 109 Å². The summed E-state index contributed by atoms with van der Waals surface area (Å²) in [6.45, 7) is 0.0238. The van der Waals surface area contributed by atoms with Gasteiger partial charge in [-0.25, -0.2) is 0 Å². The predicted octanol–water partition coefficient (Wildman–Crippen LogP) is 1.02. The van der Waals surface area contributed by atoms with Gasteiger partial charge in [-0.3, -0.25) is 4.79 Å². The molecule has 1 rings (SSSR count). The molecule has 8 heteroatoms. The molecule has 0 bridgehead atoms. The fourth-order valence-electron chi connectivity index (χ4n) is 1.35. The van der Waals surface area contributed by atoms with Crippen LogP contribution in [0.15, 0.2) is 11.6 Å². The van der Waals surface area contributed by atoms with Crippen LogP contribution >= 0.6 is 12.4 Å². The van der Waals surface area contributed by atoms with Crippen molar-refractivity contribution in [2.24, 2.45) is 0 Å². The lowest BCUT2D eigenvalue weighted by Crippen LogP contribution is -2.33. The van der Waals surface area contributed by atoms with Gasteiger partial charge in [-0.1, -0.05) is 11.6 Å². The van der Waals surface area contributed by atoms with Crippen molar-refractivity contribution in [2.45, 2.75) is 12.6 Å². The highest BCUT2D eigenvalue weighted by molar-refractivity contribution is 5.85. The molecule has 0 spiro atoms. The van der Waals surface area contributed by atoms with E-state index in [4.69, 9.17) is 0 Å². The standard InChI is InChI=1S/C10H15F3N2O2.ClH/c11-10(12,13)7-17-6-9(16)15-5-8-1-3-14-4-2-8;/h1,14H,2-7H2,(H,15,16);1H. The Kier molecular flexibility index (Phi) is 7.97. The van der Waals surface area contributed by atoms with E-state index in [0.717, 1.165) is 25.1 Å². The van der Waals surface area contributed by atoms with Gasteiger partial charge >= 0.3 is 6.18 Å². The Morgan fingerprint density at radius 3 is 2.78 bits per heavy atom. The van der Waals surface area contributed by atoms with Crippen molar-refractivity contribution in [3.8, 4) is 0 Å². The summed E-state index contributed by atoms with van der Waals surface area (Å²) in [5, 5.41) is 5.63. The van der Waals surface area contributed by atoms with Crippen molar-refractivity contribution in [3.05, 3.63) is 11.6 Å². The second-order valence-electron chi connectivity index (χ2n) is 3.70. The van der Waals surface area contributed by atoms with Crippen LogP contribution in [-0.2, 0) is 9.53 Å². The third-order valence-electron chi connectivity index (χ3n) is 2.17. The lowest BCUT2D eigenvalue weighted by Gasteiger charge is -2.14. The second kappa shape index (κ2) is 8.34. The molecule has 18 heavy (non-hydrogen) atoms. The molecule has 1 heterocycles. The van der Waals surface area contributed by atoms with E-state index in [9.17, 15) is 18.0 Å². The van der Waals surface area contributed by atoms with E-state index in [1.54, 1.807) is 0 Å². The number of hydrogen-bond acceptors (Lipinski definition) is 3. The van der Waals surface area contributed by atoms with Crippen molar-refractivity contribution < 1.29 is 22.7 Å². The molecule has 0 saturated heterocycles. The third kappa shape index (κ3) is 8.32. The van der Waals surface area contributed by atoms with Gasteiger partial charge in [0.1, 0.15) is 13.2 Å². The Morgan fingerprint density at radius 1 is 1.50 bits per heavy atom. The molecule has 0 aromatic heterocycles. The van der Waals surface area contributed by atoms with E-state index in [2.05, 4.69) is 15.4 Å². The second-order valence-corrected chi connectivity index (χ2v) is 3.70. The van der Waals surface area contributed by atoms with Crippen LogP contribution in [0.4, 0.5) is 13.2 Å². The van der Waals surface area contributed by atoms with Gasteiger partial charge in [0.05, 0.1) is 0 Å². The number of nitrogens with one attached hydrogen (secondary N) is 2. The summed E-state index contributed by atoms with van der Waals surface area (Å²) in [6, 6.07) is 0. The van der Waals surface area contributed by atoms with Gasteiger partial charge in [-0.15, -0.1) is 12.4 Å². The van der Waals surface area contributed by atoms with Crippen LogP contribution in [0.3, 0.4) is 0 Å². The van der Waals surface area contributed by atoms with Crippen molar-refractivity contribution >= 4 is 18.3 Å². The van der Waals surface area contributed by atoms with E-state index in [-0.39, 0.29) is 12.4 Å². The Morgan fingerprint density at radius 2 is 2.22 bits per heavy atom. The number of hydrogen-bond donors (Lipinski definition) is 2. The van der Waals surface area contributed by atoms with Gasteiger partial charge < -0.3 is 15.4 Å².